The topological polar surface area (TPSA) is 68.5 Å². The molecule has 0 aliphatic carbocycles. The molecule has 1 aromatic heterocycles. The lowest BCUT2D eigenvalue weighted by molar-refractivity contribution is -0.122. The Morgan fingerprint density at radius 2 is 1.81 bits per heavy atom. The number of fused-ring (bicyclic) bond motifs is 1. The summed E-state index contributed by atoms with van der Waals surface area (Å²) >= 11 is 12.0. The smallest absolute Gasteiger partial charge is 0.344 e. The molecule has 0 saturated heterocycles. The Morgan fingerprint density at radius 1 is 1.00 bits per heavy atom. The van der Waals surface area contributed by atoms with Gasteiger partial charge in [0.1, 0.15) is 11.3 Å². The molecule has 4 aromatic rings. The minimum atomic E-state index is -0.812. The van der Waals surface area contributed by atoms with Crippen LogP contribution in [0.1, 0.15) is 6.92 Å². The van der Waals surface area contributed by atoms with Crippen LogP contribution in [0.5, 0.6) is 5.75 Å². The molecule has 0 unspecified atom stereocenters. The predicted molar refractivity (Wildman–Crippen MR) is 123 cm³/mol. The van der Waals surface area contributed by atoms with Crippen molar-refractivity contribution in [2.75, 3.05) is 5.32 Å². The van der Waals surface area contributed by atoms with E-state index in [-0.39, 0.29) is 5.91 Å². The normalized spacial score (nSPS) is 11.8. The fourth-order valence-corrected chi connectivity index (χ4v) is 3.54. The van der Waals surface area contributed by atoms with E-state index in [9.17, 15) is 9.59 Å². The molecule has 1 N–H and O–H groups in total. The molecule has 0 radical (unpaired) electrons. The summed E-state index contributed by atoms with van der Waals surface area (Å²) in [5.41, 5.74) is 1.63. The van der Waals surface area contributed by atoms with Gasteiger partial charge < -0.3 is 14.5 Å². The molecule has 4 rings (SSSR count). The summed E-state index contributed by atoms with van der Waals surface area (Å²) < 4.78 is 11.1. The third-order valence-electron chi connectivity index (χ3n) is 4.65. The van der Waals surface area contributed by atoms with Crippen molar-refractivity contribution in [2.24, 2.45) is 0 Å². The van der Waals surface area contributed by atoms with Gasteiger partial charge in [0.05, 0.1) is 10.6 Å². The molecule has 31 heavy (non-hydrogen) atoms. The summed E-state index contributed by atoms with van der Waals surface area (Å²) in [6.07, 6.45) is -0.812. The van der Waals surface area contributed by atoms with Crippen LogP contribution in [0.2, 0.25) is 10.0 Å². The van der Waals surface area contributed by atoms with Gasteiger partial charge in [-0.2, -0.15) is 0 Å². The van der Waals surface area contributed by atoms with Gasteiger partial charge in [-0.15, -0.1) is 0 Å². The maximum Gasteiger partial charge on any atom is 0.344 e. The molecule has 1 amide bonds. The summed E-state index contributed by atoms with van der Waals surface area (Å²) in [5.74, 6) is -0.00930. The number of rotatable bonds is 5. The summed E-state index contributed by atoms with van der Waals surface area (Å²) in [7, 11) is 0. The van der Waals surface area contributed by atoms with Crippen LogP contribution in [0.15, 0.2) is 82.0 Å². The minimum Gasteiger partial charge on any atom is -0.479 e. The first-order valence-corrected chi connectivity index (χ1v) is 10.2. The van der Waals surface area contributed by atoms with Crippen molar-refractivity contribution in [3.63, 3.8) is 0 Å². The molecule has 1 heterocycles. The second-order valence-electron chi connectivity index (χ2n) is 6.89. The van der Waals surface area contributed by atoms with Crippen molar-refractivity contribution in [1.29, 1.82) is 0 Å². The van der Waals surface area contributed by atoms with Gasteiger partial charge in [0.15, 0.2) is 6.10 Å². The predicted octanol–water partition coefficient (Wildman–Crippen LogP) is 6.17. The molecule has 7 heteroatoms. The van der Waals surface area contributed by atoms with Crippen molar-refractivity contribution < 1.29 is 13.9 Å². The highest BCUT2D eigenvalue weighted by atomic mass is 35.5. The largest absolute Gasteiger partial charge is 0.479 e. The third kappa shape index (κ3) is 4.74. The lowest BCUT2D eigenvalue weighted by atomic mass is 10.1. The standard InChI is InChI=1S/C24H17Cl2NO4/c1-14(30-22-10-9-17(25)13-20(22)26)23(28)27-18-7-4-6-15(11-18)19-12-16-5-2-3-8-21(16)31-24(19)29/h2-14H,1H3,(H,27,28)/t14-/m0/s1. The van der Waals surface area contributed by atoms with E-state index in [1.807, 2.05) is 18.2 Å². The van der Waals surface area contributed by atoms with Gasteiger partial charge in [0.25, 0.3) is 5.91 Å². The zero-order valence-corrected chi connectivity index (χ0v) is 17.9. The van der Waals surface area contributed by atoms with Gasteiger partial charge in [-0.3, -0.25) is 4.79 Å². The second-order valence-corrected chi connectivity index (χ2v) is 7.73. The number of ether oxygens (including phenoxy) is 1. The summed E-state index contributed by atoms with van der Waals surface area (Å²) in [4.78, 5) is 25.0. The van der Waals surface area contributed by atoms with Crippen LogP contribution in [-0.4, -0.2) is 12.0 Å². The Balaban J connectivity index is 1.54. The van der Waals surface area contributed by atoms with Gasteiger partial charge in [0, 0.05) is 16.1 Å². The quantitative estimate of drug-likeness (QED) is 0.366. The molecular formula is C24H17Cl2NO4. The van der Waals surface area contributed by atoms with Crippen LogP contribution >= 0.6 is 23.2 Å². The summed E-state index contributed by atoms with van der Waals surface area (Å²) in [5, 5.41) is 4.40. The number of carbonyl (C=O) groups is 1. The number of para-hydroxylation sites is 1. The van der Waals surface area contributed by atoms with Crippen molar-refractivity contribution in [1.82, 2.24) is 0 Å². The van der Waals surface area contributed by atoms with E-state index in [4.69, 9.17) is 32.4 Å². The van der Waals surface area contributed by atoms with Crippen LogP contribution in [0, 0.1) is 0 Å². The zero-order chi connectivity index (χ0) is 22.0. The number of amides is 1. The molecule has 5 nitrogen and oxygen atoms in total. The molecule has 0 aliphatic heterocycles. The van der Waals surface area contributed by atoms with Crippen LogP contribution in [0.3, 0.4) is 0 Å². The Morgan fingerprint density at radius 3 is 2.61 bits per heavy atom. The Hall–Kier alpha value is -3.28. The highest BCUT2D eigenvalue weighted by Gasteiger charge is 2.17. The van der Waals surface area contributed by atoms with Gasteiger partial charge in [-0.05, 0) is 55.0 Å². The lowest BCUT2D eigenvalue weighted by Gasteiger charge is -2.16. The lowest BCUT2D eigenvalue weighted by Crippen LogP contribution is -2.30. The van der Waals surface area contributed by atoms with E-state index in [1.165, 1.54) is 0 Å². The minimum absolute atomic E-state index is 0.317. The first kappa shape index (κ1) is 21.0. The maximum absolute atomic E-state index is 12.6. The molecule has 0 fully saturated rings. The molecular weight excluding hydrogens is 437 g/mol. The average Bonchev–Trinajstić information content (AvgIpc) is 2.75. The van der Waals surface area contributed by atoms with Crippen molar-refractivity contribution >= 4 is 45.8 Å². The monoisotopic (exact) mass is 453 g/mol. The second kappa shape index (κ2) is 8.84. The zero-order valence-electron chi connectivity index (χ0n) is 16.4. The number of hydrogen-bond donors (Lipinski definition) is 1. The molecule has 156 valence electrons. The Bertz CT molecular complexity index is 1330. The number of carbonyl (C=O) groups excluding carboxylic acids is 1. The average molecular weight is 454 g/mol. The maximum atomic E-state index is 12.6. The fourth-order valence-electron chi connectivity index (χ4n) is 3.09. The fraction of sp³-hybridized carbons (Fsp3) is 0.0833. The number of benzene rings is 3. The van der Waals surface area contributed by atoms with E-state index in [0.717, 1.165) is 5.39 Å². The van der Waals surface area contributed by atoms with Crippen LogP contribution in [0.4, 0.5) is 5.69 Å². The van der Waals surface area contributed by atoms with Gasteiger partial charge in [0.2, 0.25) is 0 Å². The highest BCUT2D eigenvalue weighted by molar-refractivity contribution is 6.35. The summed E-state index contributed by atoms with van der Waals surface area (Å²) in [6, 6.07) is 20.8. The number of hydrogen-bond acceptors (Lipinski definition) is 4. The molecule has 1 atom stereocenters. The summed E-state index contributed by atoms with van der Waals surface area (Å²) in [6.45, 7) is 1.61. The number of halogens is 2. The van der Waals surface area contributed by atoms with E-state index in [1.54, 1.807) is 61.5 Å². The van der Waals surface area contributed by atoms with E-state index in [0.29, 0.717) is 38.2 Å². The SMILES string of the molecule is C[C@H](Oc1ccc(Cl)cc1Cl)C(=O)Nc1cccc(-c2cc3ccccc3oc2=O)c1. The van der Waals surface area contributed by atoms with E-state index >= 15 is 0 Å². The Kier molecular flexibility index (Phi) is 5.98. The van der Waals surface area contributed by atoms with Gasteiger partial charge >= 0.3 is 5.63 Å². The van der Waals surface area contributed by atoms with Crippen molar-refractivity contribution in [2.45, 2.75) is 13.0 Å². The molecule has 0 bridgehead atoms. The molecule has 3 aromatic carbocycles. The van der Waals surface area contributed by atoms with E-state index in [2.05, 4.69) is 5.32 Å². The molecule has 0 spiro atoms. The molecule has 0 saturated carbocycles. The van der Waals surface area contributed by atoms with Crippen LogP contribution in [-0.2, 0) is 4.79 Å². The van der Waals surface area contributed by atoms with Crippen LogP contribution < -0.4 is 15.7 Å². The first-order valence-electron chi connectivity index (χ1n) is 9.46. The number of nitrogens with one attached hydrogen (secondary N) is 1. The highest BCUT2D eigenvalue weighted by Crippen LogP contribution is 2.29. The van der Waals surface area contributed by atoms with Crippen LogP contribution in [0.25, 0.3) is 22.1 Å². The number of anilines is 1. The third-order valence-corrected chi connectivity index (χ3v) is 5.18. The Labute approximate surface area is 188 Å². The first-order chi connectivity index (χ1) is 14.9. The van der Waals surface area contributed by atoms with E-state index < -0.39 is 11.7 Å². The van der Waals surface area contributed by atoms with Crippen molar-refractivity contribution in [3.05, 3.63) is 93.3 Å². The van der Waals surface area contributed by atoms with Gasteiger partial charge in [-0.25, -0.2) is 4.79 Å². The van der Waals surface area contributed by atoms with Crippen molar-refractivity contribution in [3.8, 4) is 16.9 Å². The molecule has 0 aliphatic rings. The van der Waals surface area contributed by atoms with Gasteiger partial charge in [-0.1, -0.05) is 53.5 Å².